The molecule has 7 nitrogen and oxygen atoms in total. The van der Waals surface area contributed by atoms with Crippen molar-refractivity contribution in [1.29, 1.82) is 5.26 Å². The number of aryl methyl sites for hydroxylation is 1. The third-order valence-electron chi connectivity index (χ3n) is 3.94. The minimum Gasteiger partial charge on any atom is -0.367 e. The lowest BCUT2D eigenvalue weighted by Gasteiger charge is -2.32. The molecule has 0 spiro atoms. The van der Waals surface area contributed by atoms with Gasteiger partial charge in [0, 0.05) is 18.7 Å². The molecule has 124 valence electrons. The first-order valence-electron chi connectivity index (χ1n) is 7.86. The highest BCUT2D eigenvalue weighted by atomic mass is 16.5. The van der Waals surface area contributed by atoms with E-state index in [9.17, 15) is 4.79 Å². The number of aromatic nitrogens is 2. The maximum absolute atomic E-state index is 12.6. The third-order valence-corrected chi connectivity index (χ3v) is 3.94. The van der Waals surface area contributed by atoms with Crippen LogP contribution in [-0.4, -0.2) is 40.1 Å². The van der Waals surface area contributed by atoms with Crippen molar-refractivity contribution in [2.24, 2.45) is 0 Å². The largest absolute Gasteiger partial charge is 0.367 e. The molecule has 2 heterocycles. The molecule has 1 unspecified atom stereocenters. The number of likely N-dealkylation sites (tertiary alicyclic amines) is 1. The summed E-state index contributed by atoms with van der Waals surface area (Å²) in [6.45, 7) is 3.25. The molecule has 1 fully saturated rings. The van der Waals surface area contributed by atoms with E-state index in [0.29, 0.717) is 35.9 Å². The Morgan fingerprint density at radius 1 is 1.46 bits per heavy atom. The molecule has 1 aliphatic heterocycles. The number of hydrogen-bond acceptors (Lipinski definition) is 6. The van der Waals surface area contributed by atoms with Crippen LogP contribution in [0.4, 0.5) is 0 Å². The Hall–Kier alpha value is -2.72. The zero-order valence-electron chi connectivity index (χ0n) is 13.4. The van der Waals surface area contributed by atoms with E-state index in [1.165, 1.54) is 0 Å². The third kappa shape index (κ3) is 3.78. The molecule has 0 aliphatic carbocycles. The SMILES string of the molecule is Cc1noc(COC2CCCN(C(=O)c3ccc(C#N)cc3)C2)n1. The number of piperidine rings is 1. The van der Waals surface area contributed by atoms with E-state index in [1.54, 1.807) is 36.1 Å². The van der Waals surface area contributed by atoms with Gasteiger partial charge in [-0.25, -0.2) is 0 Å². The molecule has 0 saturated carbocycles. The van der Waals surface area contributed by atoms with Gasteiger partial charge in [-0.05, 0) is 44.0 Å². The Labute approximate surface area is 139 Å². The molecule has 0 radical (unpaired) electrons. The van der Waals surface area contributed by atoms with Gasteiger partial charge >= 0.3 is 0 Å². The first kappa shape index (κ1) is 16.1. The van der Waals surface area contributed by atoms with Crippen LogP contribution >= 0.6 is 0 Å². The Balaban J connectivity index is 1.58. The number of nitrogens with zero attached hydrogens (tertiary/aromatic N) is 4. The van der Waals surface area contributed by atoms with E-state index < -0.39 is 0 Å². The molecular weight excluding hydrogens is 308 g/mol. The maximum Gasteiger partial charge on any atom is 0.253 e. The summed E-state index contributed by atoms with van der Waals surface area (Å²) in [5.41, 5.74) is 1.13. The van der Waals surface area contributed by atoms with Crippen LogP contribution in [0, 0.1) is 18.3 Å². The van der Waals surface area contributed by atoms with Crippen LogP contribution < -0.4 is 0 Å². The molecule has 0 N–H and O–H groups in total. The van der Waals surface area contributed by atoms with Gasteiger partial charge in [-0.3, -0.25) is 4.79 Å². The second-order valence-corrected chi connectivity index (χ2v) is 5.75. The maximum atomic E-state index is 12.6. The Kier molecular flexibility index (Phi) is 4.87. The summed E-state index contributed by atoms with van der Waals surface area (Å²) in [6, 6.07) is 8.73. The van der Waals surface area contributed by atoms with Crippen molar-refractivity contribution < 1.29 is 14.1 Å². The van der Waals surface area contributed by atoms with Gasteiger partial charge in [0.25, 0.3) is 11.8 Å². The molecule has 1 saturated heterocycles. The number of rotatable bonds is 4. The molecule has 7 heteroatoms. The number of carbonyl (C=O) groups is 1. The number of ether oxygens (including phenoxy) is 1. The monoisotopic (exact) mass is 326 g/mol. The normalized spacial score (nSPS) is 17.5. The van der Waals surface area contributed by atoms with E-state index in [1.807, 2.05) is 6.07 Å². The van der Waals surface area contributed by atoms with E-state index >= 15 is 0 Å². The van der Waals surface area contributed by atoms with Crippen LogP contribution in [0.2, 0.25) is 0 Å². The number of benzene rings is 1. The molecule has 1 aromatic carbocycles. The summed E-state index contributed by atoms with van der Waals surface area (Å²) >= 11 is 0. The number of nitriles is 1. The Bertz CT molecular complexity index is 748. The predicted octanol–water partition coefficient (Wildman–Crippen LogP) is 2.07. The average Bonchev–Trinajstić information content (AvgIpc) is 3.05. The molecule has 1 atom stereocenters. The molecule has 0 bridgehead atoms. The molecule has 1 amide bonds. The summed E-state index contributed by atoms with van der Waals surface area (Å²) < 4.78 is 10.8. The van der Waals surface area contributed by atoms with E-state index in [2.05, 4.69) is 10.1 Å². The van der Waals surface area contributed by atoms with Gasteiger partial charge < -0.3 is 14.2 Å². The number of hydrogen-bond donors (Lipinski definition) is 0. The molecular formula is C17H18N4O3. The van der Waals surface area contributed by atoms with Crippen LogP contribution in [0.15, 0.2) is 28.8 Å². The first-order chi connectivity index (χ1) is 11.7. The summed E-state index contributed by atoms with van der Waals surface area (Å²) in [6.07, 6.45) is 1.73. The highest BCUT2D eigenvalue weighted by Gasteiger charge is 2.25. The molecule has 1 aromatic heterocycles. The van der Waals surface area contributed by atoms with Gasteiger partial charge in [0.15, 0.2) is 5.82 Å². The smallest absolute Gasteiger partial charge is 0.253 e. The second kappa shape index (κ2) is 7.23. The van der Waals surface area contributed by atoms with Gasteiger partial charge in [0.2, 0.25) is 0 Å². The van der Waals surface area contributed by atoms with Crippen LogP contribution in [0.3, 0.4) is 0 Å². The minimum absolute atomic E-state index is 0.0403. The van der Waals surface area contributed by atoms with E-state index in [0.717, 1.165) is 12.8 Å². The quantitative estimate of drug-likeness (QED) is 0.854. The second-order valence-electron chi connectivity index (χ2n) is 5.75. The Morgan fingerprint density at radius 3 is 2.92 bits per heavy atom. The van der Waals surface area contributed by atoms with E-state index in [-0.39, 0.29) is 18.6 Å². The lowest BCUT2D eigenvalue weighted by molar-refractivity contribution is -0.0153. The minimum atomic E-state index is -0.0479. The molecule has 1 aliphatic rings. The van der Waals surface area contributed by atoms with Crippen LogP contribution in [0.5, 0.6) is 0 Å². The average molecular weight is 326 g/mol. The van der Waals surface area contributed by atoms with Crippen molar-refractivity contribution in [3.8, 4) is 6.07 Å². The number of amides is 1. The molecule has 3 rings (SSSR count). The van der Waals surface area contributed by atoms with Gasteiger partial charge in [0.1, 0.15) is 6.61 Å². The summed E-state index contributed by atoms with van der Waals surface area (Å²) in [5, 5.41) is 12.5. The Morgan fingerprint density at radius 2 is 2.25 bits per heavy atom. The topological polar surface area (TPSA) is 92.3 Å². The van der Waals surface area contributed by atoms with Crippen molar-refractivity contribution in [2.75, 3.05) is 13.1 Å². The van der Waals surface area contributed by atoms with Crippen LogP contribution in [0.1, 0.15) is 40.5 Å². The van der Waals surface area contributed by atoms with Crippen molar-refractivity contribution in [2.45, 2.75) is 32.5 Å². The van der Waals surface area contributed by atoms with Gasteiger partial charge in [-0.2, -0.15) is 10.2 Å². The zero-order valence-corrected chi connectivity index (χ0v) is 13.4. The predicted molar refractivity (Wildman–Crippen MR) is 83.9 cm³/mol. The standard InChI is InChI=1S/C17H18N4O3/c1-12-19-16(24-20-12)11-23-15-3-2-8-21(10-15)17(22)14-6-4-13(9-18)5-7-14/h4-7,15H,2-3,8,10-11H2,1H3. The molecule has 24 heavy (non-hydrogen) atoms. The van der Waals surface area contributed by atoms with Crippen molar-refractivity contribution >= 4 is 5.91 Å². The van der Waals surface area contributed by atoms with Gasteiger partial charge in [0.05, 0.1) is 17.7 Å². The first-order valence-corrected chi connectivity index (χ1v) is 7.86. The van der Waals surface area contributed by atoms with Crippen LogP contribution in [0.25, 0.3) is 0 Å². The van der Waals surface area contributed by atoms with Gasteiger partial charge in [-0.1, -0.05) is 5.16 Å². The fourth-order valence-corrected chi connectivity index (χ4v) is 2.72. The highest BCUT2D eigenvalue weighted by Crippen LogP contribution is 2.17. The fraction of sp³-hybridized carbons (Fsp3) is 0.412. The summed E-state index contributed by atoms with van der Waals surface area (Å²) in [7, 11) is 0. The highest BCUT2D eigenvalue weighted by molar-refractivity contribution is 5.94. The van der Waals surface area contributed by atoms with Gasteiger partial charge in [-0.15, -0.1) is 0 Å². The number of carbonyl (C=O) groups excluding carboxylic acids is 1. The van der Waals surface area contributed by atoms with Crippen molar-refractivity contribution in [1.82, 2.24) is 15.0 Å². The van der Waals surface area contributed by atoms with E-state index in [4.69, 9.17) is 14.5 Å². The summed E-state index contributed by atoms with van der Waals surface area (Å²) in [5.74, 6) is 0.985. The van der Waals surface area contributed by atoms with Crippen molar-refractivity contribution in [3.05, 3.63) is 47.1 Å². The fourth-order valence-electron chi connectivity index (χ4n) is 2.72. The lowest BCUT2D eigenvalue weighted by Crippen LogP contribution is -2.43. The van der Waals surface area contributed by atoms with Crippen LogP contribution in [-0.2, 0) is 11.3 Å². The summed E-state index contributed by atoms with van der Waals surface area (Å²) in [4.78, 5) is 18.5. The molecule has 2 aromatic rings. The lowest BCUT2D eigenvalue weighted by atomic mass is 10.1. The van der Waals surface area contributed by atoms with Crippen molar-refractivity contribution in [3.63, 3.8) is 0 Å². The zero-order chi connectivity index (χ0) is 16.9.